The van der Waals surface area contributed by atoms with Gasteiger partial charge >= 0.3 is 25.8 Å². The lowest BCUT2D eigenvalue weighted by Gasteiger charge is -2.05. The molecule has 0 saturated heterocycles. The second-order valence-corrected chi connectivity index (χ2v) is 6.54. The molecule has 2 aromatic rings. The van der Waals surface area contributed by atoms with Gasteiger partial charge in [0.05, 0.1) is 9.13 Å². The summed E-state index contributed by atoms with van der Waals surface area (Å²) < 4.78 is 22.9. The van der Waals surface area contributed by atoms with Crippen LogP contribution in [0.3, 0.4) is 0 Å². The summed E-state index contributed by atoms with van der Waals surface area (Å²) in [5.41, 5.74) is -0.140. The van der Waals surface area contributed by atoms with Gasteiger partial charge in [-0.05, 0) is 22.9 Å². The van der Waals surface area contributed by atoms with Crippen molar-refractivity contribution >= 4 is 52.5 Å². The standard InChI is InChI=1S/C11H6BrIO4/c12-8-3-1-2-7-6(8)4-5-9(13(16)17)10(7)11(14)15/h1-5H,(H,14,15). The topological polar surface area (TPSA) is 71.4 Å². The SMILES string of the molecule is O=C(O)c1c(I(=O)=O)ccc2c(Br)cccc12. The van der Waals surface area contributed by atoms with Gasteiger partial charge in [-0.1, -0.05) is 34.1 Å². The average Bonchev–Trinajstić information content (AvgIpc) is 2.27. The smallest absolute Gasteiger partial charge is 0.341 e. The Morgan fingerprint density at radius 1 is 1.12 bits per heavy atom. The highest BCUT2D eigenvalue weighted by Gasteiger charge is 2.18. The fourth-order valence-electron chi connectivity index (χ4n) is 1.64. The summed E-state index contributed by atoms with van der Waals surface area (Å²) in [4.78, 5) is 11.2. The number of carboxylic acids is 1. The minimum atomic E-state index is -3.82. The summed E-state index contributed by atoms with van der Waals surface area (Å²) in [6.45, 7) is 0. The summed E-state index contributed by atoms with van der Waals surface area (Å²) >= 11 is -0.510. The summed E-state index contributed by atoms with van der Waals surface area (Å²) in [5, 5.41) is 10.3. The molecule has 17 heavy (non-hydrogen) atoms. The number of carboxylic acid groups (broad SMARTS) is 1. The molecule has 2 rings (SSSR count). The van der Waals surface area contributed by atoms with E-state index in [1.165, 1.54) is 6.07 Å². The maximum absolute atomic E-state index is 11.2. The molecule has 0 saturated carbocycles. The number of carbonyl (C=O) groups is 1. The molecule has 6 heteroatoms. The molecule has 88 valence electrons. The third-order valence-corrected chi connectivity index (χ3v) is 4.88. The van der Waals surface area contributed by atoms with Gasteiger partial charge in [-0.15, -0.1) is 0 Å². The summed E-state index contributed by atoms with van der Waals surface area (Å²) in [5.74, 6) is -1.22. The monoisotopic (exact) mass is 408 g/mol. The van der Waals surface area contributed by atoms with Crippen LogP contribution >= 0.6 is 35.7 Å². The fourth-order valence-corrected chi connectivity index (χ4v) is 3.57. The first kappa shape index (κ1) is 12.4. The second kappa shape index (κ2) is 4.69. The Kier molecular flexibility index (Phi) is 3.43. The maximum atomic E-state index is 11.2. The lowest BCUT2D eigenvalue weighted by molar-refractivity contribution is 0.0698. The molecule has 4 nitrogen and oxygen atoms in total. The molecule has 0 aromatic heterocycles. The van der Waals surface area contributed by atoms with Crippen molar-refractivity contribution in [3.63, 3.8) is 0 Å². The molecule has 0 heterocycles. The number of fused-ring (bicyclic) bond motifs is 1. The van der Waals surface area contributed by atoms with E-state index in [1.807, 2.05) is 0 Å². The van der Waals surface area contributed by atoms with Crippen molar-refractivity contribution in [3.8, 4) is 0 Å². The Hall–Kier alpha value is -1.02. The highest BCUT2D eigenvalue weighted by molar-refractivity contribution is 14.2. The largest absolute Gasteiger partial charge is 0.478 e. The van der Waals surface area contributed by atoms with Gasteiger partial charge in [0.25, 0.3) is 0 Å². The Balaban J connectivity index is 2.99. The second-order valence-electron chi connectivity index (χ2n) is 3.28. The Labute approximate surface area is 112 Å². The van der Waals surface area contributed by atoms with Crippen molar-refractivity contribution in [2.45, 2.75) is 0 Å². The third kappa shape index (κ3) is 2.19. The van der Waals surface area contributed by atoms with E-state index in [4.69, 9.17) is 5.11 Å². The molecular weight excluding hydrogens is 403 g/mol. The molecule has 0 unspecified atom stereocenters. The molecule has 0 aliphatic heterocycles. The normalized spacial score (nSPS) is 10.9. The Bertz CT molecular complexity index is 683. The van der Waals surface area contributed by atoms with E-state index in [1.54, 1.807) is 24.3 Å². The van der Waals surface area contributed by atoms with E-state index < -0.39 is 25.8 Å². The predicted molar refractivity (Wildman–Crippen MR) is 72.7 cm³/mol. The highest BCUT2D eigenvalue weighted by Crippen LogP contribution is 2.32. The number of hydrogen-bond donors (Lipinski definition) is 1. The molecule has 0 spiro atoms. The highest BCUT2D eigenvalue weighted by atomic mass is 127. The van der Waals surface area contributed by atoms with Gasteiger partial charge in [0.15, 0.2) is 0 Å². The van der Waals surface area contributed by atoms with Crippen LogP contribution in [0.1, 0.15) is 10.4 Å². The molecule has 0 amide bonds. The van der Waals surface area contributed by atoms with Gasteiger partial charge in [0, 0.05) is 4.47 Å². The average molecular weight is 409 g/mol. The van der Waals surface area contributed by atoms with E-state index in [9.17, 15) is 10.9 Å². The van der Waals surface area contributed by atoms with Crippen molar-refractivity contribution in [2.24, 2.45) is 0 Å². The van der Waals surface area contributed by atoms with Crippen molar-refractivity contribution in [2.75, 3.05) is 0 Å². The first-order valence-corrected chi connectivity index (χ1v) is 8.15. The van der Waals surface area contributed by atoms with Crippen LogP contribution in [0.25, 0.3) is 10.8 Å². The van der Waals surface area contributed by atoms with Crippen LogP contribution in [0.5, 0.6) is 0 Å². The van der Waals surface area contributed by atoms with Gasteiger partial charge < -0.3 is 5.11 Å². The molecule has 0 atom stereocenters. The number of hydrogen-bond acceptors (Lipinski definition) is 3. The van der Waals surface area contributed by atoms with E-state index in [-0.39, 0.29) is 9.13 Å². The van der Waals surface area contributed by atoms with Crippen LogP contribution in [0, 0.1) is 3.57 Å². The molecular formula is C11H6BrIO4. The van der Waals surface area contributed by atoms with Crippen molar-refractivity contribution in [3.05, 3.63) is 43.9 Å². The number of aromatic carboxylic acids is 1. The predicted octanol–water partition coefficient (Wildman–Crippen LogP) is 3.67. The van der Waals surface area contributed by atoms with Gasteiger partial charge in [0.2, 0.25) is 0 Å². The molecule has 0 aliphatic carbocycles. The van der Waals surface area contributed by atoms with Gasteiger partial charge in [-0.25, -0.2) is 10.9 Å². The van der Waals surface area contributed by atoms with E-state index in [0.29, 0.717) is 10.8 Å². The maximum Gasteiger partial charge on any atom is 0.341 e. The molecule has 0 bridgehead atoms. The van der Waals surface area contributed by atoms with Crippen LogP contribution < -0.4 is 0 Å². The first-order chi connectivity index (χ1) is 8.02. The molecule has 0 aliphatic rings. The summed E-state index contributed by atoms with van der Waals surface area (Å²) in [7, 11) is 0. The summed E-state index contributed by atoms with van der Waals surface area (Å²) in [6.07, 6.45) is 0. The molecule has 0 radical (unpaired) electrons. The molecule has 1 N–H and O–H groups in total. The first-order valence-electron chi connectivity index (χ1n) is 4.52. The van der Waals surface area contributed by atoms with Crippen molar-refractivity contribution in [1.82, 2.24) is 0 Å². The number of rotatable bonds is 2. The van der Waals surface area contributed by atoms with Crippen LogP contribution in [-0.2, 0) is 6.14 Å². The van der Waals surface area contributed by atoms with Crippen molar-refractivity contribution in [1.29, 1.82) is 0 Å². The molecule has 2 aromatic carbocycles. The van der Waals surface area contributed by atoms with Crippen LogP contribution in [-0.4, -0.2) is 11.1 Å². The summed E-state index contributed by atoms with van der Waals surface area (Å²) in [6, 6.07) is 8.02. The third-order valence-electron chi connectivity index (χ3n) is 2.34. The minimum Gasteiger partial charge on any atom is -0.478 e. The number of halogens is 2. The lowest BCUT2D eigenvalue weighted by Crippen LogP contribution is -2.01. The van der Waals surface area contributed by atoms with Gasteiger partial charge in [-0.2, -0.15) is 0 Å². The zero-order valence-electron chi connectivity index (χ0n) is 8.31. The van der Waals surface area contributed by atoms with E-state index in [0.717, 1.165) is 4.47 Å². The van der Waals surface area contributed by atoms with E-state index >= 15 is 0 Å². The van der Waals surface area contributed by atoms with Gasteiger partial charge in [-0.3, -0.25) is 0 Å². The quantitative estimate of drug-likeness (QED) is 0.769. The van der Waals surface area contributed by atoms with E-state index in [2.05, 4.69) is 15.9 Å². The van der Waals surface area contributed by atoms with Crippen LogP contribution in [0.4, 0.5) is 0 Å². The van der Waals surface area contributed by atoms with Gasteiger partial charge in [0.1, 0.15) is 0 Å². The number of benzene rings is 2. The zero-order chi connectivity index (χ0) is 12.6. The van der Waals surface area contributed by atoms with Crippen molar-refractivity contribution < 1.29 is 16.0 Å². The van der Waals surface area contributed by atoms with Crippen LogP contribution in [0.2, 0.25) is 0 Å². The van der Waals surface area contributed by atoms with Crippen LogP contribution in [0.15, 0.2) is 34.8 Å². The zero-order valence-corrected chi connectivity index (χ0v) is 12.1. The Morgan fingerprint density at radius 2 is 1.82 bits per heavy atom. The molecule has 0 fully saturated rings. The lowest BCUT2D eigenvalue weighted by atomic mass is 10.1. The Morgan fingerprint density at radius 3 is 2.41 bits per heavy atom. The fraction of sp³-hybridized carbons (Fsp3) is 0. The minimum absolute atomic E-state index is 0.0766.